The third-order valence-corrected chi connectivity index (χ3v) is 2.08. The highest BCUT2D eigenvalue weighted by Gasteiger charge is 1.96. The van der Waals surface area contributed by atoms with E-state index < -0.39 is 0 Å². The molecular weight excluding hydrogens is 224 g/mol. The first-order valence-electron chi connectivity index (χ1n) is 5.27. The van der Waals surface area contributed by atoms with Crippen LogP contribution in [0.3, 0.4) is 0 Å². The van der Waals surface area contributed by atoms with E-state index in [2.05, 4.69) is 6.92 Å². The summed E-state index contributed by atoms with van der Waals surface area (Å²) in [6, 6.07) is 7.74. The predicted octanol–water partition coefficient (Wildman–Crippen LogP) is 2.77. The van der Waals surface area contributed by atoms with Crippen LogP contribution in [0.15, 0.2) is 24.3 Å². The van der Waals surface area contributed by atoms with Crippen LogP contribution < -0.4 is 10.5 Å². The van der Waals surface area contributed by atoms with Crippen molar-refractivity contribution in [2.45, 2.75) is 26.2 Å². The van der Waals surface area contributed by atoms with E-state index in [-0.39, 0.29) is 18.2 Å². The number of hydrogen-bond acceptors (Lipinski definition) is 2. The Morgan fingerprint density at radius 2 is 1.94 bits per heavy atom. The van der Waals surface area contributed by atoms with Crippen LogP contribution in [-0.4, -0.2) is 12.4 Å². The van der Waals surface area contributed by atoms with Crippen molar-refractivity contribution in [3.8, 4) is 5.75 Å². The van der Waals surface area contributed by atoms with Gasteiger partial charge in [0, 0.05) is 6.42 Å². The number of nitrogens with two attached hydrogens (primary N) is 1. The number of hydrogen-bond donors (Lipinski definition) is 2. The van der Waals surface area contributed by atoms with Gasteiger partial charge in [-0.1, -0.05) is 25.5 Å². The van der Waals surface area contributed by atoms with Crippen LogP contribution in [0.2, 0.25) is 0 Å². The number of unbranched alkanes of at least 4 members (excludes halogenated alkanes) is 1. The second-order valence-electron chi connectivity index (χ2n) is 3.55. The molecule has 0 bridgehead atoms. The third kappa shape index (κ3) is 5.61. The molecule has 0 aliphatic heterocycles. The molecule has 0 unspecified atom stereocenters. The van der Waals surface area contributed by atoms with Crippen molar-refractivity contribution < 1.29 is 4.74 Å². The molecule has 0 aliphatic carbocycles. The summed E-state index contributed by atoms with van der Waals surface area (Å²) in [7, 11) is 0. The van der Waals surface area contributed by atoms with Crippen LogP contribution in [0.4, 0.5) is 0 Å². The number of amidine groups is 1. The quantitative estimate of drug-likeness (QED) is 0.458. The lowest BCUT2D eigenvalue weighted by atomic mass is 10.1. The molecule has 0 amide bonds. The lowest BCUT2D eigenvalue weighted by molar-refractivity contribution is 0.309. The molecule has 1 rings (SSSR count). The highest BCUT2D eigenvalue weighted by molar-refractivity contribution is 5.85. The molecule has 1 aromatic carbocycles. The zero-order valence-electron chi connectivity index (χ0n) is 9.53. The molecule has 0 aromatic heterocycles. The SMILES string of the molecule is CCCCOc1ccc(CC(=N)N)cc1.Cl. The minimum Gasteiger partial charge on any atom is -0.494 e. The number of rotatable bonds is 6. The van der Waals surface area contributed by atoms with E-state index in [1.807, 2.05) is 24.3 Å². The maximum absolute atomic E-state index is 7.17. The number of nitrogens with one attached hydrogen (secondary N) is 1. The Morgan fingerprint density at radius 3 is 2.44 bits per heavy atom. The van der Waals surface area contributed by atoms with Crippen LogP contribution in [0.1, 0.15) is 25.3 Å². The minimum atomic E-state index is 0. The average Bonchev–Trinajstić information content (AvgIpc) is 2.20. The molecule has 0 fully saturated rings. The Hall–Kier alpha value is -1.22. The lowest BCUT2D eigenvalue weighted by Gasteiger charge is -2.06. The summed E-state index contributed by atoms with van der Waals surface area (Å²) in [5.41, 5.74) is 6.36. The van der Waals surface area contributed by atoms with E-state index in [4.69, 9.17) is 15.9 Å². The predicted molar refractivity (Wildman–Crippen MR) is 69.7 cm³/mol. The molecule has 0 heterocycles. The standard InChI is InChI=1S/C12H18N2O.ClH/c1-2-3-8-15-11-6-4-10(5-7-11)9-12(13)14;/h4-7H,2-3,8-9H2,1H3,(H3,13,14);1H. The smallest absolute Gasteiger partial charge is 0.119 e. The van der Waals surface area contributed by atoms with Gasteiger partial charge < -0.3 is 10.5 Å². The first-order valence-corrected chi connectivity index (χ1v) is 5.27. The van der Waals surface area contributed by atoms with Crippen LogP contribution in [-0.2, 0) is 6.42 Å². The summed E-state index contributed by atoms with van der Waals surface area (Å²) in [4.78, 5) is 0. The molecule has 0 saturated carbocycles. The summed E-state index contributed by atoms with van der Waals surface area (Å²) in [5, 5.41) is 7.17. The molecule has 0 spiro atoms. The van der Waals surface area contributed by atoms with Crippen molar-refractivity contribution in [2.24, 2.45) is 5.73 Å². The molecule has 0 atom stereocenters. The van der Waals surface area contributed by atoms with Gasteiger partial charge in [0.15, 0.2) is 0 Å². The van der Waals surface area contributed by atoms with Crippen LogP contribution in [0.5, 0.6) is 5.75 Å². The molecular formula is C12H19ClN2O. The molecule has 3 N–H and O–H groups in total. The number of ether oxygens (including phenoxy) is 1. The van der Waals surface area contributed by atoms with E-state index in [0.29, 0.717) is 6.42 Å². The normalized spacial score (nSPS) is 9.31. The Bertz CT molecular complexity index is 311. The molecule has 0 aliphatic rings. The molecule has 3 nitrogen and oxygen atoms in total. The molecule has 1 aromatic rings. The van der Waals surface area contributed by atoms with E-state index in [1.165, 1.54) is 0 Å². The fourth-order valence-electron chi connectivity index (χ4n) is 1.26. The lowest BCUT2D eigenvalue weighted by Crippen LogP contribution is -2.12. The van der Waals surface area contributed by atoms with E-state index in [0.717, 1.165) is 30.8 Å². The van der Waals surface area contributed by atoms with Gasteiger partial charge in [0.25, 0.3) is 0 Å². The van der Waals surface area contributed by atoms with Crippen LogP contribution in [0.25, 0.3) is 0 Å². The van der Waals surface area contributed by atoms with Gasteiger partial charge in [0.05, 0.1) is 12.4 Å². The van der Waals surface area contributed by atoms with E-state index in [9.17, 15) is 0 Å². The van der Waals surface area contributed by atoms with E-state index in [1.54, 1.807) is 0 Å². The Labute approximate surface area is 103 Å². The van der Waals surface area contributed by atoms with E-state index >= 15 is 0 Å². The maximum atomic E-state index is 7.17. The average molecular weight is 243 g/mol. The Balaban J connectivity index is 0.00000225. The Kier molecular flexibility index (Phi) is 7.38. The summed E-state index contributed by atoms with van der Waals surface area (Å²) >= 11 is 0. The fourth-order valence-corrected chi connectivity index (χ4v) is 1.26. The largest absolute Gasteiger partial charge is 0.494 e. The molecule has 90 valence electrons. The van der Waals surface area contributed by atoms with Crippen LogP contribution in [0, 0.1) is 5.41 Å². The first-order chi connectivity index (χ1) is 7.22. The van der Waals surface area contributed by atoms with Crippen molar-refractivity contribution >= 4 is 18.2 Å². The van der Waals surface area contributed by atoms with Gasteiger partial charge in [0.2, 0.25) is 0 Å². The summed E-state index contributed by atoms with van der Waals surface area (Å²) in [6.45, 7) is 2.90. The molecule has 16 heavy (non-hydrogen) atoms. The van der Waals surface area contributed by atoms with Crippen molar-refractivity contribution in [1.82, 2.24) is 0 Å². The van der Waals surface area contributed by atoms with Crippen molar-refractivity contribution in [1.29, 1.82) is 5.41 Å². The summed E-state index contributed by atoms with van der Waals surface area (Å²) in [5.74, 6) is 1.07. The van der Waals surface area contributed by atoms with Crippen molar-refractivity contribution in [2.75, 3.05) is 6.61 Å². The van der Waals surface area contributed by atoms with Gasteiger partial charge in [-0.15, -0.1) is 12.4 Å². The summed E-state index contributed by atoms with van der Waals surface area (Å²) in [6.07, 6.45) is 2.73. The van der Waals surface area contributed by atoms with Gasteiger partial charge in [-0.2, -0.15) is 0 Å². The zero-order valence-corrected chi connectivity index (χ0v) is 10.3. The fraction of sp³-hybridized carbons (Fsp3) is 0.417. The zero-order chi connectivity index (χ0) is 11.1. The summed E-state index contributed by atoms with van der Waals surface area (Å²) < 4.78 is 5.52. The molecule has 4 heteroatoms. The van der Waals surface area contributed by atoms with Gasteiger partial charge in [-0.05, 0) is 24.1 Å². The minimum absolute atomic E-state index is 0. The number of halogens is 1. The van der Waals surface area contributed by atoms with Gasteiger partial charge in [0.1, 0.15) is 5.75 Å². The van der Waals surface area contributed by atoms with Crippen LogP contribution >= 0.6 is 12.4 Å². The van der Waals surface area contributed by atoms with Gasteiger partial charge in [-0.25, -0.2) is 0 Å². The van der Waals surface area contributed by atoms with Gasteiger partial charge >= 0.3 is 0 Å². The van der Waals surface area contributed by atoms with Crippen molar-refractivity contribution in [3.63, 3.8) is 0 Å². The molecule has 0 saturated heterocycles. The second-order valence-corrected chi connectivity index (χ2v) is 3.55. The topological polar surface area (TPSA) is 59.1 Å². The highest BCUT2D eigenvalue weighted by Crippen LogP contribution is 2.12. The highest BCUT2D eigenvalue weighted by atomic mass is 35.5. The monoisotopic (exact) mass is 242 g/mol. The third-order valence-electron chi connectivity index (χ3n) is 2.08. The molecule has 0 radical (unpaired) electrons. The van der Waals surface area contributed by atoms with Gasteiger partial charge in [-0.3, -0.25) is 5.41 Å². The second kappa shape index (κ2) is 7.99. The number of benzene rings is 1. The maximum Gasteiger partial charge on any atom is 0.119 e. The Morgan fingerprint density at radius 1 is 1.31 bits per heavy atom. The first kappa shape index (κ1) is 14.8. The van der Waals surface area contributed by atoms with Crippen molar-refractivity contribution in [3.05, 3.63) is 29.8 Å².